The Morgan fingerprint density at radius 2 is 0.944 bits per heavy atom. The van der Waals surface area contributed by atoms with Gasteiger partial charge in [-0.05, 0) is 58.0 Å². The van der Waals surface area contributed by atoms with E-state index in [1.54, 1.807) is 0 Å². The van der Waals surface area contributed by atoms with E-state index < -0.39 is 24.0 Å². The van der Waals surface area contributed by atoms with E-state index in [0.717, 1.165) is 33.0 Å². The molecule has 4 aromatic carbocycles. The zero-order chi connectivity index (χ0) is 25.3. The lowest BCUT2D eigenvalue weighted by atomic mass is 10.0. The Morgan fingerprint density at radius 1 is 0.556 bits per heavy atom. The molecule has 0 aromatic heterocycles. The Bertz CT molecular complexity index is 1210. The van der Waals surface area contributed by atoms with E-state index in [0.29, 0.717) is 12.8 Å². The van der Waals surface area contributed by atoms with Crippen molar-refractivity contribution in [3.63, 3.8) is 0 Å². The molecule has 0 heterocycles. The van der Waals surface area contributed by atoms with Crippen LogP contribution in [0.3, 0.4) is 0 Å². The van der Waals surface area contributed by atoms with Gasteiger partial charge in [-0.25, -0.2) is 0 Å². The summed E-state index contributed by atoms with van der Waals surface area (Å²) < 4.78 is 10.9. The molecule has 0 spiro atoms. The molecule has 0 bridgehead atoms. The zero-order valence-corrected chi connectivity index (χ0v) is 20.0. The van der Waals surface area contributed by atoms with Crippen molar-refractivity contribution in [3.05, 3.63) is 119 Å². The molecule has 0 aliphatic rings. The van der Waals surface area contributed by atoms with E-state index in [9.17, 15) is 9.59 Å². The minimum atomic E-state index is -0.709. The fraction of sp³-hybridized carbons (Fsp3) is 0.200. The number of carbonyl (C=O) groups is 2. The van der Waals surface area contributed by atoms with Gasteiger partial charge in [-0.1, -0.05) is 84.9 Å². The maximum absolute atomic E-state index is 12.3. The molecule has 4 N–H and O–H groups in total. The summed E-state index contributed by atoms with van der Waals surface area (Å²) in [5, 5.41) is 1.99. The minimum Gasteiger partial charge on any atom is -0.460 e. The second-order valence-corrected chi connectivity index (χ2v) is 8.82. The summed E-state index contributed by atoms with van der Waals surface area (Å²) in [5.41, 5.74) is 15.7. The van der Waals surface area contributed by atoms with Crippen LogP contribution < -0.4 is 11.5 Å². The van der Waals surface area contributed by atoms with Crippen LogP contribution in [0.5, 0.6) is 0 Å². The molecule has 0 radical (unpaired) electrons. The third-order valence-corrected chi connectivity index (χ3v) is 5.93. The van der Waals surface area contributed by atoms with Gasteiger partial charge in [0.25, 0.3) is 0 Å². The summed E-state index contributed by atoms with van der Waals surface area (Å²) >= 11 is 0. The number of hydrogen-bond acceptors (Lipinski definition) is 6. The van der Waals surface area contributed by atoms with Crippen molar-refractivity contribution in [1.82, 2.24) is 0 Å². The first-order valence-corrected chi connectivity index (χ1v) is 11.9. The molecule has 0 saturated carbocycles. The molecule has 6 heteroatoms. The van der Waals surface area contributed by atoms with Gasteiger partial charge in [-0.15, -0.1) is 0 Å². The average Bonchev–Trinajstić information content (AvgIpc) is 2.91. The van der Waals surface area contributed by atoms with Crippen LogP contribution in [-0.2, 0) is 45.1 Å². The monoisotopic (exact) mass is 482 g/mol. The average molecular weight is 483 g/mol. The molecular formula is C30H30N2O4. The quantitative estimate of drug-likeness (QED) is 0.330. The summed E-state index contributed by atoms with van der Waals surface area (Å²) in [6, 6.07) is 29.5. The third kappa shape index (κ3) is 7.01. The van der Waals surface area contributed by atoms with Gasteiger partial charge in [-0.2, -0.15) is 0 Å². The molecule has 0 fully saturated rings. The van der Waals surface area contributed by atoms with Crippen LogP contribution in [0, 0.1) is 0 Å². The molecule has 0 amide bonds. The molecule has 2 atom stereocenters. The van der Waals surface area contributed by atoms with E-state index in [1.165, 1.54) is 0 Å². The summed E-state index contributed by atoms with van der Waals surface area (Å²) in [6.07, 6.45) is 0.865. The Kier molecular flexibility index (Phi) is 8.44. The number of fused-ring (bicyclic) bond motifs is 1. The molecular weight excluding hydrogens is 452 g/mol. The lowest BCUT2D eigenvalue weighted by Crippen LogP contribution is -2.34. The summed E-state index contributed by atoms with van der Waals surface area (Å²) in [5.74, 6) is -0.858. The fourth-order valence-corrected chi connectivity index (χ4v) is 3.95. The first kappa shape index (κ1) is 25.1. The summed E-state index contributed by atoms with van der Waals surface area (Å²) in [4.78, 5) is 24.6. The molecule has 0 aliphatic heterocycles. The number of benzene rings is 4. The Morgan fingerprint density at radius 3 is 1.33 bits per heavy atom. The van der Waals surface area contributed by atoms with E-state index in [-0.39, 0.29) is 13.2 Å². The van der Waals surface area contributed by atoms with Gasteiger partial charge in [0.1, 0.15) is 25.3 Å². The molecule has 184 valence electrons. The van der Waals surface area contributed by atoms with Crippen LogP contribution in [0.25, 0.3) is 10.8 Å². The molecule has 0 saturated heterocycles. The van der Waals surface area contributed by atoms with Gasteiger partial charge in [0, 0.05) is 0 Å². The molecule has 4 rings (SSSR count). The van der Waals surface area contributed by atoms with Crippen LogP contribution in [0.2, 0.25) is 0 Å². The van der Waals surface area contributed by atoms with Crippen molar-refractivity contribution >= 4 is 22.7 Å². The van der Waals surface area contributed by atoms with Crippen molar-refractivity contribution in [1.29, 1.82) is 0 Å². The van der Waals surface area contributed by atoms with Gasteiger partial charge < -0.3 is 20.9 Å². The van der Waals surface area contributed by atoms with Gasteiger partial charge in [0.2, 0.25) is 0 Å². The van der Waals surface area contributed by atoms with Crippen LogP contribution in [-0.4, -0.2) is 24.0 Å². The normalized spacial score (nSPS) is 12.6. The molecule has 0 unspecified atom stereocenters. The zero-order valence-electron chi connectivity index (χ0n) is 20.0. The van der Waals surface area contributed by atoms with E-state index in [1.807, 2.05) is 97.1 Å². The van der Waals surface area contributed by atoms with Crippen LogP contribution in [0.4, 0.5) is 0 Å². The number of esters is 2. The highest BCUT2D eigenvalue weighted by Gasteiger charge is 2.17. The third-order valence-electron chi connectivity index (χ3n) is 5.93. The van der Waals surface area contributed by atoms with Crippen molar-refractivity contribution in [3.8, 4) is 0 Å². The summed E-state index contributed by atoms with van der Waals surface area (Å²) in [6.45, 7) is 0.297. The predicted octanol–water partition coefficient (Wildman–Crippen LogP) is 4.07. The van der Waals surface area contributed by atoms with Gasteiger partial charge in [0.05, 0.1) is 0 Å². The number of carbonyl (C=O) groups excluding carboxylic acids is 2. The van der Waals surface area contributed by atoms with Crippen LogP contribution in [0.15, 0.2) is 97.1 Å². The second-order valence-electron chi connectivity index (χ2n) is 8.82. The lowest BCUT2D eigenvalue weighted by molar-refractivity contribution is -0.147. The first-order valence-electron chi connectivity index (χ1n) is 11.9. The van der Waals surface area contributed by atoms with Crippen molar-refractivity contribution < 1.29 is 19.1 Å². The maximum atomic E-state index is 12.3. The topological polar surface area (TPSA) is 105 Å². The highest BCUT2D eigenvalue weighted by molar-refractivity contribution is 5.84. The standard InChI is InChI=1S/C30H30N2O4/c31-27(17-21-7-3-1-4-8-21)29(33)35-19-23-11-13-26-16-24(12-14-25(26)15-23)20-36-30(34)28(32)18-22-9-5-2-6-10-22/h1-16,27-28H,17-20,31-32H2/t27-,28-/m0/s1. The summed E-state index contributed by atoms with van der Waals surface area (Å²) in [7, 11) is 0. The van der Waals surface area contributed by atoms with E-state index >= 15 is 0 Å². The van der Waals surface area contributed by atoms with Gasteiger partial charge in [-0.3, -0.25) is 9.59 Å². The van der Waals surface area contributed by atoms with Gasteiger partial charge in [0.15, 0.2) is 0 Å². The Labute approximate surface area is 210 Å². The Hall–Kier alpha value is -4.00. The smallest absolute Gasteiger partial charge is 0.323 e. The number of ether oxygens (including phenoxy) is 2. The van der Waals surface area contributed by atoms with Crippen molar-refractivity contribution in [2.24, 2.45) is 11.5 Å². The number of hydrogen-bond donors (Lipinski definition) is 2. The molecule has 6 nitrogen and oxygen atoms in total. The highest BCUT2D eigenvalue weighted by Crippen LogP contribution is 2.19. The Balaban J connectivity index is 1.28. The maximum Gasteiger partial charge on any atom is 0.323 e. The van der Waals surface area contributed by atoms with Crippen LogP contribution >= 0.6 is 0 Å². The SMILES string of the molecule is N[C@@H](Cc1ccccc1)C(=O)OCc1ccc2cc(COC(=O)[C@@H](N)Cc3ccccc3)ccc2c1. The number of nitrogens with two attached hydrogens (primary N) is 2. The predicted molar refractivity (Wildman–Crippen MR) is 140 cm³/mol. The molecule has 36 heavy (non-hydrogen) atoms. The fourth-order valence-electron chi connectivity index (χ4n) is 3.95. The largest absolute Gasteiger partial charge is 0.460 e. The molecule has 0 aliphatic carbocycles. The van der Waals surface area contributed by atoms with E-state index in [4.69, 9.17) is 20.9 Å². The lowest BCUT2D eigenvalue weighted by Gasteiger charge is -2.13. The van der Waals surface area contributed by atoms with Gasteiger partial charge >= 0.3 is 11.9 Å². The first-order chi connectivity index (χ1) is 17.5. The van der Waals surface area contributed by atoms with Crippen LogP contribution in [0.1, 0.15) is 22.3 Å². The molecule has 4 aromatic rings. The van der Waals surface area contributed by atoms with Crippen molar-refractivity contribution in [2.45, 2.75) is 38.1 Å². The number of rotatable bonds is 10. The minimum absolute atomic E-state index is 0.149. The highest BCUT2D eigenvalue weighted by atomic mass is 16.5. The van der Waals surface area contributed by atoms with E-state index in [2.05, 4.69) is 0 Å². The second kappa shape index (κ2) is 12.1. The van der Waals surface area contributed by atoms with Crippen molar-refractivity contribution in [2.75, 3.05) is 0 Å².